The lowest BCUT2D eigenvalue weighted by Crippen LogP contribution is -2.35. The molecule has 0 aliphatic carbocycles. The Morgan fingerprint density at radius 3 is 2.79 bits per heavy atom. The molecule has 19 heavy (non-hydrogen) atoms. The Labute approximate surface area is 111 Å². The van der Waals surface area contributed by atoms with E-state index in [0.717, 1.165) is 0 Å². The van der Waals surface area contributed by atoms with Crippen molar-refractivity contribution in [1.82, 2.24) is 25.7 Å². The van der Waals surface area contributed by atoms with Crippen molar-refractivity contribution in [3.63, 3.8) is 0 Å². The molecule has 0 radical (unpaired) electrons. The third-order valence-corrected chi connectivity index (χ3v) is 2.27. The minimum atomic E-state index is 0.0146. The molecule has 0 unspecified atom stereocenters. The van der Waals surface area contributed by atoms with Crippen molar-refractivity contribution in [2.24, 2.45) is 0 Å². The molecule has 2 aromatic rings. The zero-order chi connectivity index (χ0) is 13.7. The Balaban J connectivity index is 1.74. The predicted octanol–water partition coefficient (Wildman–Crippen LogP) is 0.995. The predicted molar refractivity (Wildman–Crippen MR) is 67.4 cm³/mol. The van der Waals surface area contributed by atoms with Crippen molar-refractivity contribution in [1.29, 1.82) is 0 Å². The summed E-state index contributed by atoms with van der Waals surface area (Å²) >= 11 is 0. The van der Waals surface area contributed by atoms with Gasteiger partial charge in [0.2, 0.25) is 12.3 Å². The van der Waals surface area contributed by atoms with Crippen molar-refractivity contribution in [2.75, 3.05) is 11.9 Å². The van der Waals surface area contributed by atoms with Crippen molar-refractivity contribution in [2.45, 2.75) is 39.3 Å². The Morgan fingerprint density at radius 1 is 1.26 bits per heavy atom. The highest BCUT2D eigenvalue weighted by atomic mass is 16.5. The Bertz CT molecular complexity index is 488. The van der Waals surface area contributed by atoms with Gasteiger partial charge in [0.1, 0.15) is 0 Å². The van der Waals surface area contributed by atoms with Crippen LogP contribution in [-0.2, 0) is 13.0 Å². The zero-order valence-corrected chi connectivity index (χ0v) is 11.3. The van der Waals surface area contributed by atoms with Gasteiger partial charge >= 0.3 is 6.01 Å². The van der Waals surface area contributed by atoms with Crippen LogP contribution in [0.15, 0.2) is 15.3 Å². The Morgan fingerprint density at radius 2 is 2.11 bits per heavy atom. The van der Waals surface area contributed by atoms with Gasteiger partial charge in [-0.3, -0.25) is 0 Å². The van der Waals surface area contributed by atoms with Gasteiger partial charge in [-0.15, -0.1) is 5.10 Å². The first kappa shape index (κ1) is 13.5. The molecule has 104 valence electrons. The average molecular weight is 266 g/mol. The van der Waals surface area contributed by atoms with Crippen LogP contribution in [0.1, 0.15) is 32.5 Å². The summed E-state index contributed by atoms with van der Waals surface area (Å²) in [7, 11) is 0. The molecule has 8 heteroatoms. The van der Waals surface area contributed by atoms with Gasteiger partial charge in [-0.25, -0.2) is 0 Å². The SMILES string of the molecule is CC(C)(C)NCc1nnc(NCCc2ncon2)o1. The zero-order valence-electron chi connectivity index (χ0n) is 11.3. The van der Waals surface area contributed by atoms with E-state index >= 15 is 0 Å². The topological polar surface area (TPSA) is 102 Å². The van der Waals surface area contributed by atoms with Gasteiger partial charge in [-0.1, -0.05) is 10.3 Å². The van der Waals surface area contributed by atoms with Crippen molar-refractivity contribution >= 4 is 6.01 Å². The van der Waals surface area contributed by atoms with E-state index in [1.165, 1.54) is 6.39 Å². The van der Waals surface area contributed by atoms with Crippen LogP contribution in [-0.4, -0.2) is 32.4 Å². The molecule has 8 nitrogen and oxygen atoms in total. The molecule has 2 N–H and O–H groups in total. The summed E-state index contributed by atoms with van der Waals surface area (Å²) < 4.78 is 10.1. The third kappa shape index (κ3) is 4.66. The van der Waals surface area contributed by atoms with Gasteiger partial charge in [-0.2, -0.15) is 4.98 Å². The van der Waals surface area contributed by atoms with Crippen LogP contribution in [0, 0.1) is 0 Å². The first-order valence-corrected chi connectivity index (χ1v) is 6.09. The van der Waals surface area contributed by atoms with E-state index in [1.54, 1.807) is 0 Å². The van der Waals surface area contributed by atoms with Crippen LogP contribution >= 0.6 is 0 Å². The Hall–Kier alpha value is -1.96. The summed E-state index contributed by atoms with van der Waals surface area (Å²) in [6.45, 7) is 7.38. The maximum Gasteiger partial charge on any atom is 0.315 e. The smallest absolute Gasteiger partial charge is 0.315 e. The molecule has 0 fully saturated rings. The fourth-order valence-corrected chi connectivity index (χ4v) is 1.32. The highest BCUT2D eigenvalue weighted by Gasteiger charge is 2.12. The molecule has 0 saturated carbocycles. The maximum atomic E-state index is 5.44. The van der Waals surface area contributed by atoms with E-state index in [0.29, 0.717) is 37.2 Å². The molecule has 0 bridgehead atoms. The number of nitrogens with zero attached hydrogens (tertiary/aromatic N) is 4. The van der Waals surface area contributed by atoms with Crippen molar-refractivity contribution < 1.29 is 8.94 Å². The van der Waals surface area contributed by atoms with Crippen molar-refractivity contribution in [3.8, 4) is 0 Å². The molecule has 2 rings (SSSR count). The molecule has 0 saturated heterocycles. The van der Waals surface area contributed by atoms with Gasteiger partial charge < -0.3 is 19.6 Å². The van der Waals surface area contributed by atoms with Gasteiger partial charge in [0, 0.05) is 18.5 Å². The lowest BCUT2D eigenvalue weighted by Gasteiger charge is -2.18. The number of anilines is 1. The number of aromatic nitrogens is 4. The highest BCUT2D eigenvalue weighted by molar-refractivity contribution is 5.16. The van der Waals surface area contributed by atoms with E-state index in [2.05, 4.69) is 56.3 Å². The number of nitrogens with one attached hydrogen (secondary N) is 2. The highest BCUT2D eigenvalue weighted by Crippen LogP contribution is 2.07. The van der Waals surface area contributed by atoms with Crippen LogP contribution < -0.4 is 10.6 Å². The summed E-state index contributed by atoms with van der Waals surface area (Å²) in [5.74, 6) is 1.19. The van der Waals surface area contributed by atoms with E-state index in [4.69, 9.17) is 4.42 Å². The standard InChI is InChI=1S/C11H18N6O2/c1-11(2,3)14-6-9-15-16-10(19-9)12-5-4-8-13-7-18-17-8/h7,14H,4-6H2,1-3H3,(H,12,16). The monoisotopic (exact) mass is 266 g/mol. The quantitative estimate of drug-likeness (QED) is 0.798. The largest absolute Gasteiger partial charge is 0.407 e. The van der Waals surface area contributed by atoms with E-state index in [-0.39, 0.29) is 5.54 Å². The van der Waals surface area contributed by atoms with Gasteiger partial charge in [0.05, 0.1) is 6.54 Å². The second-order valence-electron chi connectivity index (χ2n) is 5.13. The fourth-order valence-electron chi connectivity index (χ4n) is 1.32. The van der Waals surface area contributed by atoms with Gasteiger partial charge in [0.15, 0.2) is 5.82 Å². The molecule has 2 heterocycles. The Kier molecular flexibility index (Phi) is 4.10. The lowest BCUT2D eigenvalue weighted by atomic mass is 10.1. The maximum absolute atomic E-state index is 5.44. The minimum Gasteiger partial charge on any atom is -0.407 e. The van der Waals surface area contributed by atoms with E-state index in [9.17, 15) is 0 Å². The number of hydrogen-bond acceptors (Lipinski definition) is 8. The van der Waals surface area contributed by atoms with Crippen LogP contribution in [0.4, 0.5) is 6.01 Å². The van der Waals surface area contributed by atoms with Crippen LogP contribution in [0.25, 0.3) is 0 Å². The molecular weight excluding hydrogens is 248 g/mol. The molecule has 0 atom stereocenters. The van der Waals surface area contributed by atoms with Gasteiger partial charge in [-0.05, 0) is 20.8 Å². The first-order valence-electron chi connectivity index (χ1n) is 6.09. The molecule has 0 aliphatic heterocycles. The first-order chi connectivity index (χ1) is 9.03. The molecule has 0 aliphatic rings. The second kappa shape index (κ2) is 5.79. The summed E-state index contributed by atoms with van der Waals surface area (Å²) in [5.41, 5.74) is 0.0146. The normalized spacial score (nSPS) is 11.7. The van der Waals surface area contributed by atoms with E-state index in [1.807, 2.05) is 0 Å². The number of hydrogen-bond donors (Lipinski definition) is 2. The molecule has 0 aromatic carbocycles. The summed E-state index contributed by atoms with van der Waals surface area (Å²) in [6.07, 6.45) is 1.94. The van der Waals surface area contributed by atoms with Crippen LogP contribution in [0.5, 0.6) is 0 Å². The summed E-state index contributed by atoms with van der Waals surface area (Å²) in [6, 6.07) is 0.397. The lowest BCUT2D eigenvalue weighted by molar-refractivity contribution is 0.383. The molecule has 2 aromatic heterocycles. The van der Waals surface area contributed by atoms with Gasteiger partial charge in [0.25, 0.3) is 0 Å². The number of rotatable bonds is 6. The second-order valence-corrected chi connectivity index (χ2v) is 5.13. The summed E-state index contributed by atoms with van der Waals surface area (Å²) in [4.78, 5) is 3.91. The molecular formula is C11H18N6O2. The molecule has 0 spiro atoms. The average Bonchev–Trinajstić information content (AvgIpc) is 2.97. The van der Waals surface area contributed by atoms with Crippen LogP contribution in [0.3, 0.4) is 0 Å². The summed E-state index contributed by atoms with van der Waals surface area (Å²) in [5, 5.41) is 17.8. The fraction of sp³-hybridized carbons (Fsp3) is 0.636. The van der Waals surface area contributed by atoms with Crippen LogP contribution in [0.2, 0.25) is 0 Å². The van der Waals surface area contributed by atoms with E-state index < -0.39 is 0 Å². The minimum absolute atomic E-state index is 0.0146. The molecule has 0 amide bonds. The third-order valence-electron chi connectivity index (χ3n) is 2.27. The van der Waals surface area contributed by atoms with Crippen molar-refractivity contribution in [3.05, 3.63) is 18.1 Å².